The second-order valence-corrected chi connectivity index (χ2v) is 3.99. The van der Waals surface area contributed by atoms with E-state index < -0.39 is 0 Å². The van der Waals surface area contributed by atoms with Crippen molar-refractivity contribution in [3.63, 3.8) is 0 Å². The first-order chi connectivity index (χ1) is 6.27. The molecule has 1 N–H and O–H groups in total. The van der Waals surface area contributed by atoms with Gasteiger partial charge in [-0.1, -0.05) is 12.8 Å². The smallest absolute Gasteiger partial charge is 0.101 e. The van der Waals surface area contributed by atoms with Crippen LogP contribution in [-0.2, 0) is 5.54 Å². The van der Waals surface area contributed by atoms with E-state index in [2.05, 4.69) is 11.4 Å². The van der Waals surface area contributed by atoms with E-state index in [-0.39, 0.29) is 5.54 Å². The summed E-state index contributed by atoms with van der Waals surface area (Å²) in [6.07, 6.45) is 7.03. The molecule has 0 spiro atoms. The molecule has 0 unspecified atom stereocenters. The van der Waals surface area contributed by atoms with Gasteiger partial charge in [-0.25, -0.2) is 0 Å². The Kier molecular flexibility index (Phi) is 2.16. The maximum atomic E-state index is 5.36. The molecule has 2 rings (SSSR count). The maximum absolute atomic E-state index is 5.36. The highest BCUT2D eigenvalue weighted by atomic mass is 16.3. The summed E-state index contributed by atoms with van der Waals surface area (Å²) >= 11 is 0. The summed E-state index contributed by atoms with van der Waals surface area (Å²) in [6.45, 7) is 2.00. The fourth-order valence-electron chi connectivity index (χ4n) is 2.36. The molecule has 2 heteroatoms. The number of furan rings is 1. The van der Waals surface area contributed by atoms with E-state index in [0.29, 0.717) is 0 Å². The molecule has 0 saturated heterocycles. The van der Waals surface area contributed by atoms with Gasteiger partial charge in [-0.05, 0) is 32.9 Å². The monoisotopic (exact) mass is 179 g/mol. The number of rotatable bonds is 2. The summed E-state index contributed by atoms with van der Waals surface area (Å²) < 4.78 is 5.36. The van der Waals surface area contributed by atoms with Crippen molar-refractivity contribution in [2.45, 2.75) is 38.1 Å². The molecule has 0 amide bonds. The minimum Gasteiger partial charge on any atom is -0.469 e. The molecule has 13 heavy (non-hydrogen) atoms. The Morgan fingerprint density at radius 2 is 2.08 bits per heavy atom. The van der Waals surface area contributed by atoms with Crippen LogP contribution < -0.4 is 5.32 Å². The molecule has 1 aromatic heterocycles. The fourth-order valence-corrected chi connectivity index (χ4v) is 2.36. The lowest BCUT2D eigenvalue weighted by Gasteiger charge is -2.27. The van der Waals surface area contributed by atoms with Crippen molar-refractivity contribution in [1.82, 2.24) is 5.32 Å². The maximum Gasteiger partial charge on any atom is 0.101 e. The molecule has 1 aromatic rings. The molecule has 2 nitrogen and oxygen atoms in total. The lowest BCUT2D eigenvalue weighted by atomic mass is 9.90. The summed E-state index contributed by atoms with van der Waals surface area (Å²) in [4.78, 5) is 0. The normalized spacial score (nSPS) is 20.8. The molecule has 0 radical (unpaired) electrons. The van der Waals surface area contributed by atoms with Crippen LogP contribution in [0, 0.1) is 6.92 Å². The van der Waals surface area contributed by atoms with E-state index in [1.165, 1.54) is 31.2 Å². The lowest BCUT2D eigenvalue weighted by Crippen LogP contribution is -2.36. The van der Waals surface area contributed by atoms with Gasteiger partial charge in [-0.3, -0.25) is 0 Å². The highest BCUT2D eigenvalue weighted by Crippen LogP contribution is 2.38. The quantitative estimate of drug-likeness (QED) is 0.754. The summed E-state index contributed by atoms with van der Waals surface area (Å²) in [5.74, 6) is 1.01. The molecule has 0 aromatic carbocycles. The van der Waals surface area contributed by atoms with E-state index in [4.69, 9.17) is 4.42 Å². The summed E-state index contributed by atoms with van der Waals surface area (Å²) in [7, 11) is 2.05. The standard InChI is InChI=1S/C11H17NO/c1-9-7-10(8-13-9)11(12-2)5-3-4-6-11/h7-8,12H,3-6H2,1-2H3. The second-order valence-electron chi connectivity index (χ2n) is 3.99. The third kappa shape index (κ3) is 1.39. The Balaban J connectivity index is 2.30. The van der Waals surface area contributed by atoms with E-state index in [1.807, 2.05) is 20.2 Å². The van der Waals surface area contributed by atoms with Gasteiger partial charge in [0.2, 0.25) is 0 Å². The molecule has 0 bridgehead atoms. The molecule has 0 aliphatic heterocycles. The minimum absolute atomic E-state index is 0.206. The van der Waals surface area contributed by atoms with Crippen molar-refractivity contribution in [3.05, 3.63) is 23.7 Å². The van der Waals surface area contributed by atoms with Crippen LogP contribution in [-0.4, -0.2) is 7.05 Å². The molecule has 0 atom stereocenters. The van der Waals surface area contributed by atoms with Crippen LogP contribution in [0.4, 0.5) is 0 Å². The molecule has 1 aliphatic carbocycles. The topological polar surface area (TPSA) is 25.2 Å². The third-order valence-electron chi connectivity index (χ3n) is 3.22. The molecule has 1 aliphatic rings. The number of hydrogen-bond acceptors (Lipinski definition) is 2. The van der Waals surface area contributed by atoms with Crippen LogP contribution in [0.2, 0.25) is 0 Å². The Morgan fingerprint density at radius 1 is 1.38 bits per heavy atom. The first-order valence-corrected chi connectivity index (χ1v) is 5.01. The zero-order valence-corrected chi connectivity index (χ0v) is 8.39. The Morgan fingerprint density at radius 3 is 2.54 bits per heavy atom. The van der Waals surface area contributed by atoms with Crippen molar-refractivity contribution in [3.8, 4) is 0 Å². The zero-order chi connectivity index (χ0) is 9.31. The van der Waals surface area contributed by atoms with Gasteiger partial charge in [0.1, 0.15) is 5.76 Å². The van der Waals surface area contributed by atoms with Gasteiger partial charge in [0.15, 0.2) is 0 Å². The van der Waals surface area contributed by atoms with Crippen molar-refractivity contribution < 1.29 is 4.42 Å². The van der Waals surface area contributed by atoms with Crippen molar-refractivity contribution in [1.29, 1.82) is 0 Å². The third-order valence-corrected chi connectivity index (χ3v) is 3.22. The van der Waals surface area contributed by atoms with Crippen LogP contribution in [0.15, 0.2) is 16.7 Å². The van der Waals surface area contributed by atoms with Gasteiger partial charge in [0.05, 0.1) is 6.26 Å². The van der Waals surface area contributed by atoms with Crippen molar-refractivity contribution in [2.24, 2.45) is 0 Å². The first kappa shape index (κ1) is 8.82. The van der Waals surface area contributed by atoms with Crippen LogP contribution in [0.3, 0.4) is 0 Å². The second kappa shape index (κ2) is 3.18. The van der Waals surface area contributed by atoms with E-state index in [1.54, 1.807) is 0 Å². The Labute approximate surface area is 79.3 Å². The van der Waals surface area contributed by atoms with Crippen LogP contribution in [0.5, 0.6) is 0 Å². The number of nitrogens with one attached hydrogen (secondary N) is 1. The lowest BCUT2D eigenvalue weighted by molar-refractivity contribution is 0.368. The van der Waals surface area contributed by atoms with Crippen molar-refractivity contribution >= 4 is 0 Å². The fraction of sp³-hybridized carbons (Fsp3) is 0.636. The van der Waals surface area contributed by atoms with Crippen LogP contribution >= 0.6 is 0 Å². The summed E-state index contributed by atoms with van der Waals surface area (Å²) in [5, 5.41) is 3.45. The highest BCUT2D eigenvalue weighted by molar-refractivity contribution is 5.23. The zero-order valence-electron chi connectivity index (χ0n) is 8.39. The molecule has 72 valence electrons. The van der Waals surface area contributed by atoms with Gasteiger partial charge >= 0.3 is 0 Å². The predicted octanol–water partition coefficient (Wildman–Crippen LogP) is 2.58. The van der Waals surface area contributed by atoms with Gasteiger partial charge < -0.3 is 9.73 Å². The number of aryl methyl sites for hydroxylation is 1. The van der Waals surface area contributed by atoms with E-state index in [9.17, 15) is 0 Å². The summed E-state index contributed by atoms with van der Waals surface area (Å²) in [6, 6.07) is 2.15. The first-order valence-electron chi connectivity index (χ1n) is 5.01. The Hall–Kier alpha value is -0.760. The van der Waals surface area contributed by atoms with Gasteiger partial charge in [-0.15, -0.1) is 0 Å². The van der Waals surface area contributed by atoms with Gasteiger partial charge in [0, 0.05) is 11.1 Å². The molecular formula is C11H17NO. The molecule has 1 heterocycles. The average Bonchev–Trinajstić information content (AvgIpc) is 2.73. The van der Waals surface area contributed by atoms with Crippen molar-refractivity contribution in [2.75, 3.05) is 7.05 Å². The molecule has 1 fully saturated rings. The number of hydrogen-bond donors (Lipinski definition) is 1. The highest BCUT2D eigenvalue weighted by Gasteiger charge is 2.34. The van der Waals surface area contributed by atoms with Gasteiger partial charge in [0.25, 0.3) is 0 Å². The summed E-state index contributed by atoms with van der Waals surface area (Å²) in [5.41, 5.74) is 1.53. The van der Waals surface area contributed by atoms with Gasteiger partial charge in [-0.2, -0.15) is 0 Å². The Bertz CT molecular complexity index is 284. The predicted molar refractivity (Wildman–Crippen MR) is 52.7 cm³/mol. The van der Waals surface area contributed by atoms with Crippen LogP contribution in [0.1, 0.15) is 37.0 Å². The van der Waals surface area contributed by atoms with E-state index in [0.717, 1.165) is 5.76 Å². The SMILES string of the molecule is CNC1(c2coc(C)c2)CCCC1. The minimum atomic E-state index is 0.206. The largest absolute Gasteiger partial charge is 0.469 e. The van der Waals surface area contributed by atoms with E-state index >= 15 is 0 Å². The molecular weight excluding hydrogens is 162 g/mol. The molecule has 1 saturated carbocycles. The van der Waals surface area contributed by atoms with Crippen LogP contribution in [0.25, 0.3) is 0 Å². The average molecular weight is 179 g/mol.